The zero-order valence-electron chi connectivity index (χ0n) is 12.5. The molecule has 2 fully saturated rings. The maximum absolute atomic E-state index is 5.72. The number of hydrogen-bond donors (Lipinski definition) is 1. The van der Waals surface area contributed by atoms with Crippen LogP contribution in [-0.4, -0.2) is 49.3 Å². The van der Waals surface area contributed by atoms with Gasteiger partial charge in [0.05, 0.1) is 6.10 Å². The van der Waals surface area contributed by atoms with Crippen molar-refractivity contribution in [3.05, 3.63) is 0 Å². The molecule has 3 atom stereocenters. The summed E-state index contributed by atoms with van der Waals surface area (Å²) in [5.41, 5.74) is 0. The van der Waals surface area contributed by atoms with Crippen molar-refractivity contribution >= 4 is 0 Å². The Morgan fingerprint density at radius 2 is 2.00 bits per heavy atom. The van der Waals surface area contributed by atoms with Crippen LogP contribution in [0.3, 0.4) is 0 Å². The van der Waals surface area contributed by atoms with Gasteiger partial charge in [0.2, 0.25) is 0 Å². The summed E-state index contributed by atoms with van der Waals surface area (Å²) in [4.78, 5) is 2.67. The standard InChI is InChI=1S/C15H30N2O/c1-5-18-12(4)9-17-10-14(13-6-7-13)16-8-15(17)11(2)3/h11-16H,5-10H2,1-4H3. The maximum Gasteiger partial charge on any atom is 0.0673 e. The van der Waals surface area contributed by atoms with Gasteiger partial charge in [-0.25, -0.2) is 0 Å². The number of piperazine rings is 1. The van der Waals surface area contributed by atoms with Crippen LogP contribution < -0.4 is 5.32 Å². The van der Waals surface area contributed by atoms with E-state index in [0.717, 1.165) is 31.7 Å². The molecule has 18 heavy (non-hydrogen) atoms. The lowest BCUT2D eigenvalue weighted by molar-refractivity contribution is 0.00873. The van der Waals surface area contributed by atoms with Gasteiger partial charge < -0.3 is 10.1 Å². The normalized spacial score (nSPS) is 31.8. The van der Waals surface area contributed by atoms with Crippen LogP contribution in [0.15, 0.2) is 0 Å². The molecule has 1 heterocycles. The number of rotatable bonds is 6. The van der Waals surface area contributed by atoms with E-state index in [2.05, 4.69) is 37.9 Å². The zero-order valence-corrected chi connectivity index (χ0v) is 12.5. The van der Waals surface area contributed by atoms with Crippen molar-refractivity contribution in [2.24, 2.45) is 11.8 Å². The van der Waals surface area contributed by atoms with E-state index in [-0.39, 0.29) is 0 Å². The minimum atomic E-state index is 0.356. The quantitative estimate of drug-likeness (QED) is 0.786. The van der Waals surface area contributed by atoms with E-state index in [1.807, 2.05) is 0 Å². The summed E-state index contributed by atoms with van der Waals surface area (Å²) in [6.07, 6.45) is 3.21. The predicted molar refractivity (Wildman–Crippen MR) is 75.8 cm³/mol. The average molecular weight is 254 g/mol. The van der Waals surface area contributed by atoms with Crippen LogP contribution in [-0.2, 0) is 4.74 Å². The summed E-state index contributed by atoms with van der Waals surface area (Å²) in [6, 6.07) is 1.40. The van der Waals surface area contributed by atoms with Crippen LogP contribution in [0, 0.1) is 11.8 Å². The third kappa shape index (κ3) is 3.69. The summed E-state index contributed by atoms with van der Waals surface area (Å²) in [5.74, 6) is 1.66. The van der Waals surface area contributed by atoms with Crippen molar-refractivity contribution < 1.29 is 4.74 Å². The molecule has 106 valence electrons. The van der Waals surface area contributed by atoms with Gasteiger partial charge in [0.15, 0.2) is 0 Å². The van der Waals surface area contributed by atoms with Crippen molar-refractivity contribution in [1.82, 2.24) is 10.2 Å². The molecule has 3 heteroatoms. The van der Waals surface area contributed by atoms with Crippen LogP contribution in [0.2, 0.25) is 0 Å². The van der Waals surface area contributed by atoms with Gasteiger partial charge in [0.1, 0.15) is 0 Å². The lowest BCUT2D eigenvalue weighted by Crippen LogP contribution is -2.60. The van der Waals surface area contributed by atoms with Crippen molar-refractivity contribution in [1.29, 1.82) is 0 Å². The molecule has 0 aromatic carbocycles. The van der Waals surface area contributed by atoms with Gasteiger partial charge in [0, 0.05) is 38.3 Å². The molecule has 1 aliphatic carbocycles. The zero-order chi connectivity index (χ0) is 13.1. The monoisotopic (exact) mass is 254 g/mol. The second-order valence-corrected chi connectivity index (χ2v) is 6.38. The second kappa shape index (κ2) is 6.36. The highest BCUT2D eigenvalue weighted by Gasteiger charge is 2.38. The van der Waals surface area contributed by atoms with E-state index in [4.69, 9.17) is 4.74 Å². The summed E-state index contributed by atoms with van der Waals surface area (Å²) < 4.78 is 5.72. The minimum Gasteiger partial charge on any atom is -0.377 e. The summed E-state index contributed by atoms with van der Waals surface area (Å²) >= 11 is 0. The Morgan fingerprint density at radius 1 is 1.28 bits per heavy atom. The van der Waals surface area contributed by atoms with Crippen molar-refractivity contribution in [2.75, 3.05) is 26.2 Å². The van der Waals surface area contributed by atoms with Crippen LogP contribution in [0.4, 0.5) is 0 Å². The molecule has 0 bridgehead atoms. The van der Waals surface area contributed by atoms with Crippen molar-refractivity contribution in [2.45, 2.75) is 58.7 Å². The van der Waals surface area contributed by atoms with Gasteiger partial charge >= 0.3 is 0 Å². The molecule has 3 nitrogen and oxygen atoms in total. The number of nitrogens with one attached hydrogen (secondary N) is 1. The Hall–Kier alpha value is -0.120. The van der Waals surface area contributed by atoms with Crippen LogP contribution in [0.1, 0.15) is 40.5 Å². The summed E-state index contributed by atoms with van der Waals surface area (Å²) in [5, 5.41) is 3.77. The maximum atomic E-state index is 5.72. The highest BCUT2D eigenvalue weighted by molar-refractivity contribution is 4.95. The van der Waals surface area contributed by atoms with E-state index < -0.39 is 0 Å². The van der Waals surface area contributed by atoms with E-state index in [1.165, 1.54) is 19.4 Å². The highest BCUT2D eigenvalue weighted by Crippen LogP contribution is 2.34. The molecular formula is C15H30N2O. The Morgan fingerprint density at radius 3 is 2.56 bits per heavy atom. The second-order valence-electron chi connectivity index (χ2n) is 6.38. The Kier molecular flexibility index (Phi) is 5.05. The van der Waals surface area contributed by atoms with E-state index in [9.17, 15) is 0 Å². The molecule has 1 N–H and O–H groups in total. The topological polar surface area (TPSA) is 24.5 Å². The van der Waals surface area contributed by atoms with Gasteiger partial charge in [-0.3, -0.25) is 4.90 Å². The van der Waals surface area contributed by atoms with Crippen LogP contribution >= 0.6 is 0 Å². The van der Waals surface area contributed by atoms with E-state index >= 15 is 0 Å². The highest BCUT2D eigenvalue weighted by atomic mass is 16.5. The molecule has 0 radical (unpaired) electrons. The predicted octanol–water partition coefficient (Wildman–Crippen LogP) is 2.12. The fraction of sp³-hybridized carbons (Fsp3) is 1.00. The van der Waals surface area contributed by atoms with Crippen molar-refractivity contribution in [3.8, 4) is 0 Å². The molecule has 0 spiro atoms. The Balaban J connectivity index is 1.90. The largest absolute Gasteiger partial charge is 0.377 e. The minimum absolute atomic E-state index is 0.356. The molecule has 3 unspecified atom stereocenters. The van der Waals surface area contributed by atoms with Gasteiger partial charge in [-0.2, -0.15) is 0 Å². The molecule has 2 aliphatic rings. The fourth-order valence-corrected chi connectivity index (χ4v) is 3.20. The molecule has 0 amide bonds. The molecule has 1 aliphatic heterocycles. The van der Waals surface area contributed by atoms with E-state index in [0.29, 0.717) is 18.1 Å². The molecule has 1 saturated carbocycles. The van der Waals surface area contributed by atoms with Gasteiger partial charge in [-0.15, -0.1) is 0 Å². The number of ether oxygens (including phenoxy) is 1. The van der Waals surface area contributed by atoms with E-state index in [1.54, 1.807) is 0 Å². The summed E-state index contributed by atoms with van der Waals surface area (Å²) in [7, 11) is 0. The molecule has 0 aromatic heterocycles. The first kappa shape index (κ1) is 14.3. The van der Waals surface area contributed by atoms with Gasteiger partial charge in [-0.05, 0) is 38.5 Å². The van der Waals surface area contributed by atoms with Gasteiger partial charge in [0.25, 0.3) is 0 Å². The molecular weight excluding hydrogens is 224 g/mol. The van der Waals surface area contributed by atoms with Crippen LogP contribution in [0.25, 0.3) is 0 Å². The lowest BCUT2D eigenvalue weighted by atomic mass is 9.96. The average Bonchev–Trinajstić information content (AvgIpc) is 3.12. The SMILES string of the molecule is CCOC(C)CN1CC(C2CC2)NCC1C(C)C. The third-order valence-corrected chi connectivity index (χ3v) is 4.39. The molecule has 1 saturated heterocycles. The Labute approximate surface area is 112 Å². The van der Waals surface area contributed by atoms with Crippen LogP contribution in [0.5, 0.6) is 0 Å². The number of hydrogen-bond acceptors (Lipinski definition) is 3. The fourth-order valence-electron chi connectivity index (χ4n) is 3.20. The smallest absolute Gasteiger partial charge is 0.0673 e. The third-order valence-electron chi connectivity index (χ3n) is 4.39. The number of nitrogens with zero attached hydrogens (tertiary/aromatic N) is 1. The first-order chi connectivity index (χ1) is 8.61. The van der Waals surface area contributed by atoms with Gasteiger partial charge in [-0.1, -0.05) is 13.8 Å². The first-order valence-electron chi connectivity index (χ1n) is 7.70. The first-order valence-corrected chi connectivity index (χ1v) is 7.70. The summed E-state index contributed by atoms with van der Waals surface area (Å²) in [6.45, 7) is 13.2. The lowest BCUT2D eigenvalue weighted by Gasteiger charge is -2.43. The molecule has 2 rings (SSSR count). The molecule has 0 aromatic rings. The van der Waals surface area contributed by atoms with Crippen molar-refractivity contribution in [3.63, 3.8) is 0 Å². The Bertz CT molecular complexity index is 253.